The molecular weight excluding hydrogens is 512 g/mol. The van der Waals surface area contributed by atoms with Gasteiger partial charge in [0.2, 0.25) is 0 Å². The second-order valence-electron chi connectivity index (χ2n) is 7.01. The maximum absolute atomic E-state index is 12.0. The van der Waals surface area contributed by atoms with Crippen LogP contribution in [0.4, 0.5) is 5.82 Å². The van der Waals surface area contributed by atoms with Crippen molar-refractivity contribution in [2.24, 2.45) is 0 Å². The number of nitrogens with two attached hydrogens (primary N) is 1. The Kier molecular flexibility index (Phi) is 9.85. The standard InChI is InChI=1S/C14H25N3O15P2/c15-9-1-2-17(14(24)16-9)13-12(23)11(22)8(31-13)5-30-34(27,28)32-33(25,26)29-4-7(20)10(21)6(19)3-18/h1-2,6-8,10-13,18-23H,3-5H2,(H,25,26)(H,27,28)(H2,15,16,24)/t6-,7-,8-,10-,11-,12-,13-/m1/s1. The van der Waals surface area contributed by atoms with Crippen molar-refractivity contribution < 1.29 is 67.7 Å². The van der Waals surface area contributed by atoms with E-state index in [9.17, 15) is 49.2 Å². The zero-order chi connectivity index (χ0) is 25.8. The average Bonchev–Trinajstić information content (AvgIpc) is 3.03. The SMILES string of the molecule is Nc1ccn([C@@H]2O[C@H](COP(=O)(O)OP(=O)(O)OC[C@@H](O)[C@H](O)[C@H](O)CO)[C@@H](O)[C@H]2O)c(=O)n1. The molecule has 20 heteroatoms. The number of nitrogens with zero attached hydrogens (tertiary/aromatic N) is 2. The minimum Gasteiger partial charge on any atom is -0.394 e. The highest BCUT2D eigenvalue weighted by molar-refractivity contribution is 7.61. The molecule has 9 atom stereocenters. The molecule has 0 amide bonds. The number of hydrogen-bond acceptors (Lipinski definition) is 15. The first kappa shape index (κ1) is 28.9. The van der Waals surface area contributed by atoms with Crippen LogP contribution in [0, 0.1) is 0 Å². The first-order valence-electron chi connectivity index (χ1n) is 9.34. The van der Waals surface area contributed by atoms with Crippen LogP contribution < -0.4 is 11.4 Å². The van der Waals surface area contributed by atoms with Gasteiger partial charge in [0, 0.05) is 6.20 Å². The van der Waals surface area contributed by atoms with Gasteiger partial charge in [-0.25, -0.2) is 13.9 Å². The fourth-order valence-corrected chi connectivity index (χ4v) is 4.79. The van der Waals surface area contributed by atoms with E-state index in [2.05, 4.69) is 18.3 Å². The zero-order valence-corrected chi connectivity index (χ0v) is 18.9. The molecule has 10 N–H and O–H groups in total. The van der Waals surface area contributed by atoms with Crippen LogP contribution in [0.15, 0.2) is 17.1 Å². The summed E-state index contributed by atoms with van der Waals surface area (Å²) in [6, 6.07) is 1.21. The van der Waals surface area contributed by atoms with Gasteiger partial charge in [-0.15, -0.1) is 0 Å². The number of phosphoric acid groups is 2. The minimum atomic E-state index is -5.38. The molecule has 0 radical (unpaired) electrons. The zero-order valence-electron chi connectivity index (χ0n) is 17.1. The second-order valence-corrected chi connectivity index (χ2v) is 10.1. The van der Waals surface area contributed by atoms with Crippen molar-refractivity contribution in [1.82, 2.24) is 9.55 Å². The van der Waals surface area contributed by atoms with Crippen LogP contribution in [-0.4, -0.2) is 106 Å². The van der Waals surface area contributed by atoms with E-state index in [1.807, 2.05) is 0 Å². The van der Waals surface area contributed by atoms with Crippen LogP contribution in [0.2, 0.25) is 0 Å². The van der Waals surface area contributed by atoms with Crippen LogP contribution in [0.3, 0.4) is 0 Å². The number of phosphoric ester groups is 2. The van der Waals surface area contributed by atoms with E-state index < -0.39 is 84.0 Å². The molecule has 18 nitrogen and oxygen atoms in total. The van der Waals surface area contributed by atoms with Crippen molar-refractivity contribution in [3.8, 4) is 0 Å². The van der Waals surface area contributed by atoms with Crippen molar-refractivity contribution in [2.45, 2.75) is 42.9 Å². The lowest BCUT2D eigenvalue weighted by Gasteiger charge is -2.23. The molecule has 2 heterocycles. The lowest BCUT2D eigenvalue weighted by Crippen LogP contribution is -2.41. The summed E-state index contributed by atoms with van der Waals surface area (Å²) in [5.74, 6) is -0.116. The Bertz CT molecular complexity index is 978. The van der Waals surface area contributed by atoms with Crippen LogP contribution in [0.5, 0.6) is 0 Å². The Morgan fingerprint density at radius 2 is 1.74 bits per heavy atom. The van der Waals surface area contributed by atoms with Gasteiger partial charge >= 0.3 is 21.3 Å². The monoisotopic (exact) mass is 537 g/mol. The average molecular weight is 537 g/mol. The van der Waals surface area contributed by atoms with Crippen molar-refractivity contribution >= 4 is 21.5 Å². The number of aliphatic hydroxyl groups is 6. The van der Waals surface area contributed by atoms with Crippen LogP contribution in [-0.2, 0) is 27.2 Å². The van der Waals surface area contributed by atoms with Crippen molar-refractivity contribution in [1.29, 1.82) is 0 Å². The Hall–Kier alpha value is -1.34. The summed E-state index contributed by atoms with van der Waals surface area (Å²) in [4.78, 5) is 34.5. The van der Waals surface area contributed by atoms with E-state index >= 15 is 0 Å². The van der Waals surface area contributed by atoms with Gasteiger partial charge in [-0.1, -0.05) is 0 Å². The number of rotatable bonds is 12. The predicted molar refractivity (Wildman–Crippen MR) is 107 cm³/mol. The molecule has 0 saturated carbocycles. The minimum absolute atomic E-state index is 0.116. The number of anilines is 1. The van der Waals surface area contributed by atoms with E-state index in [0.717, 1.165) is 10.8 Å². The summed E-state index contributed by atoms with van der Waals surface area (Å²) in [6.45, 7) is -3.07. The Morgan fingerprint density at radius 1 is 1.12 bits per heavy atom. The van der Waals surface area contributed by atoms with Gasteiger partial charge in [-0.3, -0.25) is 13.6 Å². The molecule has 1 aromatic rings. The third kappa shape index (κ3) is 7.58. The molecule has 1 saturated heterocycles. The van der Waals surface area contributed by atoms with Gasteiger partial charge in [-0.2, -0.15) is 9.29 Å². The number of nitrogen functional groups attached to an aromatic ring is 1. The van der Waals surface area contributed by atoms with Gasteiger partial charge in [0.25, 0.3) is 0 Å². The molecule has 0 aliphatic carbocycles. The molecular formula is C14H25N3O15P2. The number of aromatic nitrogens is 2. The second kappa shape index (κ2) is 11.6. The normalized spacial score (nSPS) is 29.2. The molecule has 34 heavy (non-hydrogen) atoms. The molecule has 196 valence electrons. The van der Waals surface area contributed by atoms with Crippen molar-refractivity contribution in [3.05, 3.63) is 22.7 Å². The summed E-state index contributed by atoms with van der Waals surface area (Å²) in [5.41, 5.74) is 4.44. The van der Waals surface area contributed by atoms with Gasteiger partial charge in [0.15, 0.2) is 6.23 Å². The lowest BCUT2D eigenvalue weighted by atomic mass is 10.1. The largest absolute Gasteiger partial charge is 0.481 e. The van der Waals surface area contributed by atoms with Crippen molar-refractivity contribution in [3.63, 3.8) is 0 Å². The van der Waals surface area contributed by atoms with E-state index in [1.54, 1.807) is 0 Å². The molecule has 1 fully saturated rings. The third-order valence-electron chi connectivity index (χ3n) is 4.46. The predicted octanol–water partition coefficient (Wildman–Crippen LogP) is -4.23. The molecule has 2 unspecified atom stereocenters. The van der Waals surface area contributed by atoms with Gasteiger partial charge < -0.3 is 50.9 Å². The van der Waals surface area contributed by atoms with Gasteiger partial charge in [0.05, 0.1) is 19.8 Å². The van der Waals surface area contributed by atoms with Crippen molar-refractivity contribution in [2.75, 3.05) is 25.6 Å². The Morgan fingerprint density at radius 3 is 2.32 bits per heavy atom. The summed E-state index contributed by atoms with van der Waals surface area (Å²) >= 11 is 0. The quantitative estimate of drug-likeness (QED) is 0.114. The van der Waals surface area contributed by atoms with Gasteiger partial charge in [-0.05, 0) is 6.07 Å². The van der Waals surface area contributed by atoms with Crippen LogP contribution in [0.1, 0.15) is 6.23 Å². The van der Waals surface area contributed by atoms with E-state index in [-0.39, 0.29) is 5.82 Å². The number of aliphatic hydroxyl groups excluding tert-OH is 6. The molecule has 1 aromatic heterocycles. The van der Waals surface area contributed by atoms with Crippen LogP contribution >= 0.6 is 15.6 Å². The summed E-state index contributed by atoms with van der Waals surface area (Å²) in [5, 5.41) is 57.0. The molecule has 0 aromatic carbocycles. The molecule has 0 bridgehead atoms. The highest BCUT2D eigenvalue weighted by Crippen LogP contribution is 2.60. The van der Waals surface area contributed by atoms with E-state index in [1.165, 1.54) is 6.07 Å². The fraction of sp³-hybridized carbons (Fsp3) is 0.714. The maximum Gasteiger partial charge on any atom is 0.481 e. The first-order chi connectivity index (χ1) is 15.7. The number of hydrogen-bond donors (Lipinski definition) is 9. The van der Waals surface area contributed by atoms with Crippen LogP contribution in [0.25, 0.3) is 0 Å². The maximum atomic E-state index is 12.0. The Balaban J connectivity index is 1.94. The van der Waals surface area contributed by atoms with E-state index in [4.69, 9.17) is 15.6 Å². The molecule has 2 rings (SSSR count). The topological polar surface area (TPSA) is 294 Å². The lowest BCUT2D eigenvalue weighted by molar-refractivity contribution is -0.0891. The number of ether oxygens (including phenoxy) is 1. The summed E-state index contributed by atoms with van der Waals surface area (Å²) in [6.07, 6.45) is -11.1. The summed E-state index contributed by atoms with van der Waals surface area (Å²) in [7, 11) is -10.7. The highest BCUT2D eigenvalue weighted by atomic mass is 31.3. The molecule has 1 aliphatic rings. The fourth-order valence-electron chi connectivity index (χ4n) is 2.69. The van der Waals surface area contributed by atoms with Gasteiger partial charge in [0.1, 0.15) is 42.4 Å². The third-order valence-corrected chi connectivity index (χ3v) is 7.06. The molecule has 0 spiro atoms. The van der Waals surface area contributed by atoms with E-state index in [0.29, 0.717) is 0 Å². The highest BCUT2D eigenvalue weighted by Gasteiger charge is 2.46. The summed E-state index contributed by atoms with van der Waals surface area (Å²) < 4.78 is 42.6. The smallest absolute Gasteiger partial charge is 0.394 e. The Labute approximate surface area is 190 Å². The molecule has 1 aliphatic heterocycles. The first-order valence-corrected chi connectivity index (χ1v) is 12.3.